The molecule has 3 atom stereocenters. The van der Waals surface area contributed by atoms with Crippen molar-refractivity contribution in [1.82, 2.24) is 5.32 Å². The van der Waals surface area contributed by atoms with Crippen LogP contribution in [0.15, 0.2) is 18.2 Å². The molecule has 2 heteroatoms. The fourth-order valence-electron chi connectivity index (χ4n) is 3.75. The number of hydrogen-bond donors (Lipinski definition) is 1. The molecule has 0 saturated heterocycles. The van der Waals surface area contributed by atoms with E-state index in [9.17, 15) is 0 Å². The topological polar surface area (TPSA) is 21.3 Å². The van der Waals surface area contributed by atoms with Crippen molar-refractivity contribution in [3.05, 3.63) is 29.3 Å². The van der Waals surface area contributed by atoms with Gasteiger partial charge in [-0.05, 0) is 81.2 Å². The summed E-state index contributed by atoms with van der Waals surface area (Å²) in [7, 11) is 2.06. The second-order valence-corrected chi connectivity index (χ2v) is 6.61. The van der Waals surface area contributed by atoms with Crippen molar-refractivity contribution in [2.45, 2.75) is 64.0 Å². The second-order valence-electron chi connectivity index (χ2n) is 6.61. The van der Waals surface area contributed by atoms with Gasteiger partial charge in [0.15, 0.2) is 0 Å². The highest BCUT2D eigenvalue weighted by Gasteiger charge is 2.29. The molecule has 2 aliphatic rings. The van der Waals surface area contributed by atoms with Crippen LogP contribution >= 0.6 is 0 Å². The van der Waals surface area contributed by atoms with Crippen molar-refractivity contribution < 1.29 is 4.74 Å². The van der Waals surface area contributed by atoms with Gasteiger partial charge in [0.25, 0.3) is 0 Å². The summed E-state index contributed by atoms with van der Waals surface area (Å²) in [6, 6.07) is 7.25. The van der Waals surface area contributed by atoms with Crippen LogP contribution in [-0.4, -0.2) is 19.2 Å². The van der Waals surface area contributed by atoms with E-state index in [4.69, 9.17) is 4.74 Å². The number of hydrogen-bond acceptors (Lipinski definition) is 2. The summed E-state index contributed by atoms with van der Waals surface area (Å²) in [4.78, 5) is 0. The van der Waals surface area contributed by atoms with E-state index in [1.54, 1.807) is 0 Å². The van der Waals surface area contributed by atoms with Gasteiger partial charge >= 0.3 is 0 Å². The van der Waals surface area contributed by atoms with Crippen LogP contribution in [0.4, 0.5) is 0 Å². The maximum Gasteiger partial charge on any atom is 0.120 e. The third-order valence-electron chi connectivity index (χ3n) is 5.03. The number of nitrogens with one attached hydrogen (secondary N) is 1. The third-order valence-corrected chi connectivity index (χ3v) is 5.03. The molecule has 2 aliphatic carbocycles. The first-order valence-electron chi connectivity index (χ1n) is 8.22. The standard InChI is InChI=1S/C18H27NO/c1-13-7-10-17(19-2)18(11-13)20-16-9-8-14-5-3-4-6-15(14)12-16/h8-9,12-13,17-19H,3-7,10-11H2,1-2H3. The number of likely N-dealkylation sites (N-methyl/N-ethyl adjacent to an activating group) is 1. The highest BCUT2D eigenvalue weighted by molar-refractivity contribution is 5.37. The lowest BCUT2D eigenvalue weighted by atomic mass is 9.85. The molecule has 0 radical (unpaired) electrons. The molecule has 3 unspecified atom stereocenters. The quantitative estimate of drug-likeness (QED) is 0.906. The van der Waals surface area contributed by atoms with Crippen molar-refractivity contribution in [1.29, 1.82) is 0 Å². The molecule has 3 rings (SSSR count). The Bertz CT molecular complexity index is 457. The maximum absolute atomic E-state index is 6.33. The highest BCUT2D eigenvalue weighted by atomic mass is 16.5. The molecule has 2 nitrogen and oxygen atoms in total. The van der Waals surface area contributed by atoms with E-state index in [1.807, 2.05) is 0 Å². The van der Waals surface area contributed by atoms with Gasteiger partial charge in [-0.1, -0.05) is 13.0 Å². The molecule has 1 fully saturated rings. The summed E-state index contributed by atoms with van der Waals surface area (Å²) in [5.41, 5.74) is 3.05. The van der Waals surface area contributed by atoms with Gasteiger partial charge in [0.05, 0.1) is 0 Å². The van der Waals surface area contributed by atoms with Crippen molar-refractivity contribution in [3.63, 3.8) is 0 Å². The van der Waals surface area contributed by atoms with Crippen molar-refractivity contribution in [3.8, 4) is 5.75 Å². The minimum absolute atomic E-state index is 0.324. The first kappa shape index (κ1) is 13.9. The van der Waals surface area contributed by atoms with E-state index in [0.717, 1.165) is 11.7 Å². The van der Waals surface area contributed by atoms with Crippen LogP contribution in [0.1, 0.15) is 50.2 Å². The zero-order valence-electron chi connectivity index (χ0n) is 12.8. The monoisotopic (exact) mass is 273 g/mol. The molecule has 0 spiro atoms. The van der Waals surface area contributed by atoms with Crippen LogP contribution in [0.25, 0.3) is 0 Å². The average molecular weight is 273 g/mol. The third kappa shape index (κ3) is 3.01. The molecule has 1 aromatic rings. The van der Waals surface area contributed by atoms with Gasteiger partial charge in [0.2, 0.25) is 0 Å². The number of ether oxygens (including phenoxy) is 1. The van der Waals surface area contributed by atoms with Crippen LogP contribution in [0, 0.1) is 5.92 Å². The van der Waals surface area contributed by atoms with Crippen LogP contribution < -0.4 is 10.1 Å². The van der Waals surface area contributed by atoms with Gasteiger partial charge in [-0.15, -0.1) is 0 Å². The number of benzene rings is 1. The molecule has 0 bridgehead atoms. The molecule has 0 amide bonds. The van der Waals surface area contributed by atoms with Gasteiger partial charge < -0.3 is 10.1 Å². The first-order chi connectivity index (χ1) is 9.76. The Balaban J connectivity index is 1.72. The summed E-state index contributed by atoms with van der Waals surface area (Å²) in [5.74, 6) is 1.85. The summed E-state index contributed by atoms with van der Waals surface area (Å²) in [6.07, 6.45) is 9.18. The first-order valence-corrected chi connectivity index (χ1v) is 8.22. The Morgan fingerprint density at radius 3 is 2.70 bits per heavy atom. The Hall–Kier alpha value is -1.02. The molecular weight excluding hydrogens is 246 g/mol. The van der Waals surface area contributed by atoms with Gasteiger partial charge in [-0.2, -0.15) is 0 Å². The largest absolute Gasteiger partial charge is 0.489 e. The summed E-state index contributed by atoms with van der Waals surface area (Å²) >= 11 is 0. The predicted molar refractivity (Wildman–Crippen MR) is 83.4 cm³/mol. The Morgan fingerprint density at radius 2 is 1.90 bits per heavy atom. The van der Waals surface area contributed by atoms with E-state index in [-0.39, 0.29) is 0 Å². The van der Waals surface area contributed by atoms with Crippen molar-refractivity contribution in [2.24, 2.45) is 5.92 Å². The van der Waals surface area contributed by atoms with Crippen LogP contribution in [-0.2, 0) is 12.8 Å². The van der Waals surface area contributed by atoms with E-state index < -0.39 is 0 Å². The predicted octanol–water partition coefficient (Wildman–Crippen LogP) is 3.72. The van der Waals surface area contributed by atoms with Crippen LogP contribution in [0.2, 0.25) is 0 Å². The van der Waals surface area contributed by atoms with Crippen LogP contribution in [0.3, 0.4) is 0 Å². The smallest absolute Gasteiger partial charge is 0.120 e. The minimum atomic E-state index is 0.324. The lowest BCUT2D eigenvalue weighted by Gasteiger charge is -2.35. The molecule has 1 saturated carbocycles. The summed E-state index contributed by atoms with van der Waals surface area (Å²) in [5, 5.41) is 3.43. The number of fused-ring (bicyclic) bond motifs is 1. The minimum Gasteiger partial charge on any atom is -0.489 e. The van der Waals surface area contributed by atoms with E-state index in [1.165, 1.54) is 56.1 Å². The zero-order valence-corrected chi connectivity index (χ0v) is 12.8. The molecular formula is C18H27NO. The summed E-state index contributed by atoms with van der Waals surface area (Å²) in [6.45, 7) is 2.34. The lowest BCUT2D eigenvalue weighted by molar-refractivity contribution is 0.0943. The highest BCUT2D eigenvalue weighted by Crippen LogP contribution is 2.30. The lowest BCUT2D eigenvalue weighted by Crippen LogP contribution is -2.45. The zero-order chi connectivity index (χ0) is 13.9. The SMILES string of the molecule is CNC1CCC(C)CC1Oc1ccc2c(c1)CCCC2. The Morgan fingerprint density at radius 1 is 1.10 bits per heavy atom. The van der Waals surface area contributed by atoms with E-state index in [2.05, 4.69) is 37.5 Å². The molecule has 0 aliphatic heterocycles. The van der Waals surface area contributed by atoms with Gasteiger partial charge in [0, 0.05) is 6.04 Å². The Kier molecular flexibility index (Phi) is 4.30. The van der Waals surface area contributed by atoms with Crippen molar-refractivity contribution in [2.75, 3.05) is 7.05 Å². The summed E-state index contributed by atoms with van der Waals surface area (Å²) < 4.78 is 6.33. The normalized spacial score (nSPS) is 29.8. The molecule has 20 heavy (non-hydrogen) atoms. The molecule has 110 valence electrons. The van der Waals surface area contributed by atoms with E-state index in [0.29, 0.717) is 12.1 Å². The fourth-order valence-corrected chi connectivity index (χ4v) is 3.75. The van der Waals surface area contributed by atoms with Crippen LogP contribution in [0.5, 0.6) is 5.75 Å². The van der Waals surface area contributed by atoms with E-state index >= 15 is 0 Å². The Labute approximate surface area is 122 Å². The van der Waals surface area contributed by atoms with Gasteiger partial charge in [0.1, 0.15) is 11.9 Å². The molecule has 0 aromatic heterocycles. The number of rotatable bonds is 3. The molecule has 1 N–H and O–H groups in total. The van der Waals surface area contributed by atoms with Gasteiger partial charge in [-0.3, -0.25) is 0 Å². The van der Waals surface area contributed by atoms with Gasteiger partial charge in [-0.25, -0.2) is 0 Å². The maximum atomic E-state index is 6.33. The molecule has 1 aromatic carbocycles. The molecule has 0 heterocycles. The number of aryl methyl sites for hydroxylation is 2. The van der Waals surface area contributed by atoms with Crippen molar-refractivity contribution >= 4 is 0 Å². The fraction of sp³-hybridized carbons (Fsp3) is 0.667. The second kappa shape index (κ2) is 6.17. The average Bonchev–Trinajstić information content (AvgIpc) is 2.47.